The van der Waals surface area contributed by atoms with Crippen LogP contribution in [-0.2, 0) is 9.53 Å². The molecule has 1 amide bonds. The van der Waals surface area contributed by atoms with E-state index in [9.17, 15) is 4.79 Å². The van der Waals surface area contributed by atoms with Crippen molar-refractivity contribution in [3.05, 3.63) is 18.5 Å². The van der Waals surface area contributed by atoms with E-state index in [4.69, 9.17) is 4.74 Å². The number of nitrogens with zero attached hydrogens (tertiary/aromatic N) is 2. The topological polar surface area (TPSA) is 68.2 Å². The Balaban J connectivity index is 0.00000176. The molecule has 2 fully saturated rings. The van der Waals surface area contributed by atoms with Gasteiger partial charge in [-0.1, -0.05) is 12.8 Å². The van der Waals surface area contributed by atoms with Crippen molar-refractivity contribution in [3.8, 4) is 0 Å². The molecule has 2 N–H and O–H groups in total. The first-order valence-corrected chi connectivity index (χ1v) is 7.92. The number of nitrogens with one attached hydrogen (secondary N) is 2. The van der Waals surface area contributed by atoms with Crippen LogP contribution in [0.15, 0.2) is 18.5 Å². The Hall–Kier alpha value is -1.11. The summed E-state index contributed by atoms with van der Waals surface area (Å²) in [6, 6.07) is 2.56. The second-order valence-corrected chi connectivity index (χ2v) is 5.94. The van der Waals surface area contributed by atoms with Crippen molar-refractivity contribution in [2.75, 3.05) is 19.8 Å². The maximum absolute atomic E-state index is 12.3. The molecule has 3 rings (SSSR count). The molecule has 1 aromatic heterocycles. The summed E-state index contributed by atoms with van der Waals surface area (Å²) in [6.45, 7) is 2.19. The number of hydrogen-bond acceptors (Lipinski definition) is 4. The van der Waals surface area contributed by atoms with Crippen LogP contribution in [0, 0.1) is 0 Å². The fourth-order valence-electron chi connectivity index (χ4n) is 3.31. The van der Waals surface area contributed by atoms with Crippen LogP contribution in [0.3, 0.4) is 0 Å². The van der Waals surface area contributed by atoms with Gasteiger partial charge in [0.25, 0.3) is 0 Å². The van der Waals surface area contributed by atoms with Crippen molar-refractivity contribution in [1.82, 2.24) is 20.4 Å². The van der Waals surface area contributed by atoms with Crippen LogP contribution >= 0.6 is 12.4 Å². The van der Waals surface area contributed by atoms with Crippen molar-refractivity contribution >= 4 is 18.3 Å². The minimum Gasteiger partial charge on any atom is -0.378 e. The minimum absolute atomic E-state index is 0. The van der Waals surface area contributed by atoms with E-state index in [2.05, 4.69) is 15.7 Å². The summed E-state index contributed by atoms with van der Waals surface area (Å²) < 4.78 is 7.39. The highest BCUT2D eigenvalue weighted by Gasteiger charge is 2.28. The van der Waals surface area contributed by atoms with Crippen molar-refractivity contribution in [1.29, 1.82) is 0 Å². The lowest BCUT2D eigenvalue weighted by atomic mass is 9.90. The summed E-state index contributed by atoms with van der Waals surface area (Å²) in [5.74, 6) is 0.113. The summed E-state index contributed by atoms with van der Waals surface area (Å²) in [6.07, 6.45) is 8.77. The molecule has 2 heterocycles. The van der Waals surface area contributed by atoms with E-state index < -0.39 is 0 Å². The van der Waals surface area contributed by atoms with Crippen molar-refractivity contribution < 1.29 is 9.53 Å². The second-order valence-electron chi connectivity index (χ2n) is 5.94. The third kappa shape index (κ3) is 4.44. The van der Waals surface area contributed by atoms with E-state index in [1.165, 1.54) is 12.8 Å². The van der Waals surface area contributed by atoms with Gasteiger partial charge in [0.1, 0.15) is 0 Å². The average molecular weight is 329 g/mol. The zero-order valence-corrected chi connectivity index (χ0v) is 13.6. The molecule has 22 heavy (non-hydrogen) atoms. The van der Waals surface area contributed by atoms with Gasteiger partial charge in [0.05, 0.1) is 25.3 Å². The highest BCUT2D eigenvalue weighted by atomic mass is 35.5. The first-order valence-electron chi connectivity index (χ1n) is 7.92. The number of rotatable bonds is 4. The monoisotopic (exact) mass is 328 g/mol. The van der Waals surface area contributed by atoms with Gasteiger partial charge in [-0.2, -0.15) is 5.10 Å². The third-order valence-electron chi connectivity index (χ3n) is 4.37. The number of hydrogen-bond donors (Lipinski definition) is 2. The van der Waals surface area contributed by atoms with Crippen LogP contribution in [0.2, 0.25) is 0 Å². The van der Waals surface area contributed by atoms with Crippen LogP contribution in [-0.4, -0.2) is 47.5 Å². The van der Waals surface area contributed by atoms with E-state index in [1.54, 1.807) is 6.20 Å². The number of carbonyl (C=O) groups excluding carboxylic acids is 1. The summed E-state index contributed by atoms with van der Waals surface area (Å²) in [7, 11) is 0. The Morgan fingerprint density at radius 3 is 3.00 bits per heavy atom. The third-order valence-corrected chi connectivity index (χ3v) is 4.37. The maximum atomic E-state index is 12.3. The van der Waals surface area contributed by atoms with Crippen LogP contribution in [0.4, 0.5) is 0 Å². The van der Waals surface area contributed by atoms with Gasteiger partial charge in [0.15, 0.2) is 0 Å². The zero-order valence-electron chi connectivity index (χ0n) is 12.7. The largest absolute Gasteiger partial charge is 0.378 e. The predicted molar refractivity (Wildman–Crippen MR) is 86.1 cm³/mol. The molecule has 0 radical (unpaired) electrons. The Labute approximate surface area is 137 Å². The van der Waals surface area contributed by atoms with Crippen LogP contribution < -0.4 is 10.6 Å². The normalized spacial score (nSPS) is 28.6. The standard InChI is InChI=1S/C15H24N4O2.ClH/c20-15(10-12-11-21-9-7-16-12)18-13-4-1-2-5-14(13)19-8-3-6-17-19;/h3,6,8,12-14,16H,1-2,4-5,7,9-11H2,(H,18,20);1H. The lowest BCUT2D eigenvalue weighted by Crippen LogP contribution is -2.48. The van der Waals surface area contributed by atoms with E-state index in [1.807, 2.05) is 16.9 Å². The number of halogens is 1. The van der Waals surface area contributed by atoms with Gasteiger partial charge in [-0.05, 0) is 18.9 Å². The lowest BCUT2D eigenvalue weighted by molar-refractivity contribution is -0.123. The molecule has 1 aromatic rings. The number of ether oxygens (including phenoxy) is 1. The SMILES string of the molecule is Cl.O=C(CC1COCCN1)NC1CCCCC1n1cccn1. The number of amides is 1. The molecule has 1 aliphatic carbocycles. The number of carbonyl (C=O) groups is 1. The Morgan fingerprint density at radius 1 is 1.41 bits per heavy atom. The van der Waals surface area contributed by atoms with Gasteiger partial charge >= 0.3 is 0 Å². The molecular formula is C15H25ClN4O2. The molecule has 6 nitrogen and oxygen atoms in total. The van der Waals surface area contributed by atoms with E-state index in [0.717, 1.165) is 26.0 Å². The highest BCUT2D eigenvalue weighted by molar-refractivity contribution is 5.85. The second kappa shape index (κ2) is 8.50. The molecule has 1 saturated heterocycles. The lowest BCUT2D eigenvalue weighted by Gasteiger charge is -2.33. The number of morpholine rings is 1. The van der Waals surface area contributed by atoms with Gasteiger partial charge in [0, 0.05) is 31.4 Å². The molecular weight excluding hydrogens is 304 g/mol. The van der Waals surface area contributed by atoms with Gasteiger partial charge in [-0.15, -0.1) is 12.4 Å². The molecule has 1 aliphatic heterocycles. The summed E-state index contributed by atoms with van der Waals surface area (Å²) in [4.78, 5) is 12.3. The quantitative estimate of drug-likeness (QED) is 0.874. The Bertz CT molecular complexity index is 448. The van der Waals surface area contributed by atoms with E-state index in [0.29, 0.717) is 13.0 Å². The van der Waals surface area contributed by atoms with Crippen LogP contribution in [0.5, 0.6) is 0 Å². The van der Waals surface area contributed by atoms with E-state index in [-0.39, 0.29) is 36.4 Å². The molecule has 3 unspecified atom stereocenters. The molecule has 7 heteroatoms. The summed E-state index contributed by atoms with van der Waals surface area (Å²) >= 11 is 0. The van der Waals surface area contributed by atoms with Gasteiger partial charge in [-0.25, -0.2) is 0 Å². The van der Waals surface area contributed by atoms with Gasteiger partial charge in [0.2, 0.25) is 5.91 Å². The molecule has 1 saturated carbocycles. The van der Waals surface area contributed by atoms with E-state index >= 15 is 0 Å². The molecule has 3 atom stereocenters. The van der Waals surface area contributed by atoms with Gasteiger partial charge < -0.3 is 15.4 Å². The average Bonchev–Trinajstić information content (AvgIpc) is 3.03. The first kappa shape index (κ1) is 17.2. The fraction of sp³-hybridized carbons (Fsp3) is 0.733. The minimum atomic E-state index is 0. The Kier molecular flexibility index (Phi) is 6.67. The fourth-order valence-corrected chi connectivity index (χ4v) is 3.31. The Morgan fingerprint density at radius 2 is 2.27 bits per heavy atom. The number of aromatic nitrogens is 2. The summed E-state index contributed by atoms with van der Waals surface area (Å²) in [5, 5.41) is 10.9. The maximum Gasteiger partial charge on any atom is 0.221 e. The van der Waals surface area contributed by atoms with Gasteiger partial charge in [-0.3, -0.25) is 9.48 Å². The van der Waals surface area contributed by atoms with Crippen LogP contribution in [0.1, 0.15) is 38.1 Å². The molecule has 0 spiro atoms. The smallest absolute Gasteiger partial charge is 0.221 e. The molecule has 0 bridgehead atoms. The molecule has 0 aromatic carbocycles. The van der Waals surface area contributed by atoms with Crippen molar-refractivity contribution in [2.24, 2.45) is 0 Å². The van der Waals surface area contributed by atoms with Crippen LogP contribution in [0.25, 0.3) is 0 Å². The van der Waals surface area contributed by atoms with Crippen molar-refractivity contribution in [3.63, 3.8) is 0 Å². The summed E-state index contributed by atoms with van der Waals surface area (Å²) in [5.41, 5.74) is 0. The molecule has 2 aliphatic rings. The highest BCUT2D eigenvalue weighted by Crippen LogP contribution is 2.28. The molecule has 124 valence electrons. The predicted octanol–water partition coefficient (Wildman–Crippen LogP) is 1.28. The zero-order chi connectivity index (χ0) is 14.5. The van der Waals surface area contributed by atoms with Crippen molar-refractivity contribution in [2.45, 2.75) is 50.2 Å². The first-order chi connectivity index (χ1) is 10.3.